The first-order valence-corrected chi connectivity index (χ1v) is 9.48. The van der Waals surface area contributed by atoms with Gasteiger partial charge in [-0.3, -0.25) is 4.90 Å². The lowest BCUT2D eigenvalue weighted by Crippen LogP contribution is -2.35. The molecule has 1 atom stereocenters. The van der Waals surface area contributed by atoms with Crippen molar-refractivity contribution >= 4 is 5.97 Å². The Hall–Kier alpha value is -3.38. The average molecular weight is 390 g/mol. The predicted octanol–water partition coefficient (Wildman–Crippen LogP) is 3.63. The molecule has 0 bridgehead atoms. The fourth-order valence-electron chi connectivity index (χ4n) is 4.16. The number of aromatic nitrogens is 1. The van der Waals surface area contributed by atoms with E-state index in [-0.39, 0.29) is 17.2 Å². The molecule has 2 aromatic carbocycles. The van der Waals surface area contributed by atoms with Gasteiger partial charge in [0.1, 0.15) is 5.69 Å². The smallest absolute Gasteiger partial charge is 0.354 e. The molecule has 1 aromatic heterocycles. The van der Waals surface area contributed by atoms with Gasteiger partial charge in [0.15, 0.2) is 11.5 Å². The van der Waals surface area contributed by atoms with E-state index in [9.17, 15) is 15.0 Å². The number of hydrogen-bond acceptors (Lipinski definition) is 5. The van der Waals surface area contributed by atoms with Crippen LogP contribution < -0.4 is 0 Å². The minimum absolute atomic E-state index is 0.0163. The maximum Gasteiger partial charge on any atom is 0.354 e. The summed E-state index contributed by atoms with van der Waals surface area (Å²) >= 11 is 0. The molecule has 0 radical (unpaired) electrons. The molecule has 29 heavy (non-hydrogen) atoms. The first-order chi connectivity index (χ1) is 14.0. The highest BCUT2D eigenvalue weighted by molar-refractivity contribution is 5.85. The number of phenolic OH excluding ortho intramolecular Hbond substituents is 2. The lowest BCUT2D eigenvalue weighted by Gasteiger charge is -2.39. The number of carboxylic acids is 1. The van der Waals surface area contributed by atoms with Crippen molar-refractivity contribution in [1.29, 1.82) is 0 Å². The number of aromatic carboxylic acids is 1. The molecule has 0 saturated carbocycles. The Kier molecular flexibility index (Phi) is 4.94. The molecular formula is C23H22N2O4. The largest absolute Gasteiger partial charge is 0.504 e. The van der Waals surface area contributed by atoms with Gasteiger partial charge in [-0.25, -0.2) is 9.78 Å². The van der Waals surface area contributed by atoms with Crippen molar-refractivity contribution in [2.45, 2.75) is 18.9 Å². The quantitative estimate of drug-likeness (QED) is 0.550. The summed E-state index contributed by atoms with van der Waals surface area (Å²) in [5, 5.41) is 28.4. The van der Waals surface area contributed by atoms with E-state index in [1.165, 1.54) is 23.4 Å². The Balaban J connectivity index is 0.000000192. The second kappa shape index (κ2) is 7.56. The molecule has 0 amide bonds. The molecule has 148 valence electrons. The van der Waals surface area contributed by atoms with Crippen LogP contribution in [-0.2, 0) is 12.8 Å². The molecule has 0 saturated heterocycles. The molecule has 6 heteroatoms. The zero-order valence-corrected chi connectivity index (χ0v) is 16.0. The maximum atomic E-state index is 10.3. The van der Waals surface area contributed by atoms with Crippen molar-refractivity contribution in [1.82, 2.24) is 9.88 Å². The third-order valence-electron chi connectivity index (χ3n) is 5.61. The monoisotopic (exact) mass is 390 g/mol. The molecular weight excluding hydrogens is 368 g/mol. The van der Waals surface area contributed by atoms with E-state index in [0.717, 1.165) is 36.1 Å². The molecule has 0 fully saturated rings. The van der Waals surface area contributed by atoms with E-state index in [1.54, 1.807) is 18.2 Å². The van der Waals surface area contributed by atoms with Crippen LogP contribution in [0.5, 0.6) is 11.5 Å². The number of nitrogens with zero attached hydrogens (tertiary/aromatic N) is 2. The van der Waals surface area contributed by atoms with Gasteiger partial charge in [-0.1, -0.05) is 30.3 Å². The molecule has 5 rings (SSSR count). The Bertz CT molecular complexity index is 1070. The fourth-order valence-corrected chi connectivity index (χ4v) is 4.16. The zero-order chi connectivity index (χ0) is 20.5. The number of fused-ring (bicyclic) bond motifs is 2. The second-order valence-corrected chi connectivity index (χ2v) is 7.32. The number of carboxylic acid groups (broad SMARTS) is 1. The normalized spacial score (nSPS) is 16.8. The Morgan fingerprint density at radius 1 is 1.07 bits per heavy atom. The number of benzene rings is 2. The van der Waals surface area contributed by atoms with Gasteiger partial charge >= 0.3 is 5.97 Å². The zero-order valence-electron chi connectivity index (χ0n) is 16.0. The highest BCUT2D eigenvalue weighted by atomic mass is 16.4. The van der Waals surface area contributed by atoms with Crippen molar-refractivity contribution in [3.63, 3.8) is 0 Å². The molecule has 0 spiro atoms. The van der Waals surface area contributed by atoms with E-state index >= 15 is 0 Å². The number of hydrogen-bond donors (Lipinski definition) is 3. The molecule has 2 heterocycles. The van der Waals surface area contributed by atoms with Crippen molar-refractivity contribution < 1.29 is 20.1 Å². The lowest BCUT2D eigenvalue weighted by atomic mass is 9.77. The molecule has 1 aliphatic heterocycles. The standard InChI is InChI=1S/C17H17NO2.C6H5NO2/c1-18-8-7-10-3-2-4-12-15(10)13(18)9-11-5-6-14(19)17(20)16(11)12;8-6(9)5-3-1-2-4-7-5/h2-6,13,19-20H,7-9H2,1H3;1-4H,(H,8,9)/t13-;/m1./s1. The summed E-state index contributed by atoms with van der Waals surface area (Å²) in [7, 11) is 2.16. The van der Waals surface area contributed by atoms with Gasteiger partial charge in [0.25, 0.3) is 0 Å². The van der Waals surface area contributed by atoms with Gasteiger partial charge < -0.3 is 15.3 Å². The van der Waals surface area contributed by atoms with Crippen LogP contribution in [0.3, 0.4) is 0 Å². The van der Waals surface area contributed by atoms with Crippen LogP contribution in [0.4, 0.5) is 0 Å². The number of aromatic hydroxyl groups is 2. The first kappa shape index (κ1) is 19.0. The summed E-state index contributed by atoms with van der Waals surface area (Å²) in [5.41, 5.74) is 5.79. The van der Waals surface area contributed by atoms with Gasteiger partial charge in [-0.05, 0) is 60.3 Å². The highest BCUT2D eigenvalue weighted by Crippen LogP contribution is 2.49. The minimum atomic E-state index is -0.990. The van der Waals surface area contributed by atoms with Crippen molar-refractivity contribution in [2.24, 2.45) is 0 Å². The van der Waals surface area contributed by atoms with Gasteiger partial charge in [0.05, 0.1) is 0 Å². The summed E-state index contributed by atoms with van der Waals surface area (Å²) < 4.78 is 0. The summed E-state index contributed by atoms with van der Waals surface area (Å²) in [6.45, 7) is 1.07. The Morgan fingerprint density at radius 2 is 1.90 bits per heavy atom. The first-order valence-electron chi connectivity index (χ1n) is 9.48. The van der Waals surface area contributed by atoms with Crippen LogP contribution >= 0.6 is 0 Å². The summed E-state index contributed by atoms with van der Waals surface area (Å²) in [5.74, 6) is -1.01. The van der Waals surface area contributed by atoms with Crippen LogP contribution in [0.15, 0.2) is 54.7 Å². The second-order valence-electron chi connectivity index (χ2n) is 7.32. The van der Waals surface area contributed by atoms with Crippen LogP contribution in [0.25, 0.3) is 11.1 Å². The number of carbonyl (C=O) groups is 1. The number of phenols is 2. The SMILES string of the molecule is CN1CCc2cccc3c2[C@H]1Cc1ccc(O)c(O)c1-3.O=C(O)c1ccccn1. The molecule has 0 unspecified atom stereocenters. The minimum Gasteiger partial charge on any atom is -0.504 e. The van der Waals surface area contributed by atoms with E-state index in [0.29, 0.717) is 6.04 Å². The fraction of sp³-hybridized carbons (Fsp3) is 0.217. The Labute approximate surface area is 168 Å². The predicted molar refractivity (Wildman–Crippen MR) is 109 cm³/mol. The molecule has 6 nitrogen and oxygen atoms in total. The average Bonchev–Trinajstić information content (AvgIpc) is 2.74. The Morgan fingerprint density at radius 3 is 2.59 bits per heavy atom. The van der Waals surface area contributed by atoms with Crippen LogP contribution in [0.2, 0.25) is 0 Å². The van der Waals surface area contributed by atoms with Crippen LogP contribution in [-0.4, -0.2) is 44.8 Å². The van der Waals surface area contributed by atoms with Crippen molar-refractivity contribution in [2.75, 3.05) is 13.6 Å². The molecule has 3 N–H and O–H groups in total. The third kappa shape index (κ3) is 3.43. The van der Waals surface area contributed by atoms with Gasteiger partial charge in [-0.2, -0.15) is 0 Å². The third-order valence-corrected chi connectivity index (χ3v) is 5.61. The maximum absolute atomic E-state index is 10.3. The summed E-state index contributed by atoms with van der Waals surface area (Å²) in [6.07, 6.45) is 3.39. The molecule has 1 aliphatic carbocycles. The van der Waals surface area contributed by atoms with Crippen LogP contribution in [0.1, 0.15) is 33.2 Å². The number of rotatable bonds is 1. The highest BCUT2D eigenvalue weighted by Gasteiger charge is 2.34. The van der Waals surface area contributed by atoms with Crippen LogP contribution in [0, 0.1) is 0 Å². The topological polar surface area (TPSA) is 93.9 Å². The summed E-state index contributed by atoms with van der Waals surface area (Å²) in [6, 6.07) is 15.0. The van der Waals surface area contributed by atoms with E-state index < -0.39 is 5.97 Å². The number of pyridine rings is 1. The van der Waals surface area contributed by atoms with Gasteiger partial charge in [0.2, 0.25) is 0 Å². The summed E-state index contributed by atoms with van der Waals surface area (Å²) in [4.78, 5) is 16.1. The van der Waals surface area contributed by atoms with E-state index in [2.05, 4.69) is 35.1 Å². The van der Waals surface area contributed by atoms with Crippen molar-refractivity contribution in [3.05, 3.63) is 77.1 Å². The molecule has 3 aromatic rings. The van der Waals surface area contributed by atoms with Crippen molar-refractivity contribution in [3.8, 4) is 22.6 Å². The number of likely N-dealkylation sites (N-methyl/N-ethyl adjacent to an activating group) is 1. The lowest BCUT2D eigenvalue weighted by molar-refractivity contribution is 0.0690. The molecule has 2 aliphatic rings. The van der Waals surface area contributed by atoms with E-state index in [4.69, 9.17) is 5.11 Å². The van der Waals surface area contributed by atoms with E-state index in [1.807, 2.05) is 6.07 Å². The van der Waals surface area contributed by atoms with Gasteiger partial charge in [0, 0.05) is 24.3 Å². The van der Waals surface area contributed by atoms with Gasteiger partial charge in [-0.15, -0.1) is 0 Å².